The van der Waals surface area contributed by atoms with Crippen molar-refractivity contribution in [2.24, 2.45) is 0 Å². The normalized spacial score (nSPS) is 11.5. The Kier molecular flexibility index (Phi) is 8.53. The van der Waals surface area contributed by atoms with Gasteiger partial charge in [0.2, 0.25) is 0 Å². The second kappa shape index (κ2) is 14.8. The third-order valence-corrected chi connectivity index (χ3v) is 12.5. The van der Waals surface area contributed by atoms with Gasteiger partial charge in [-0.25, -0.2) is 0 Å². The molecule has 0 amide bonds. The summed E-state index contributed by atoms with van der Waals surface area (Å²) < 4.78 is 6.27. The molecule has 0 saturated carbocycles. The molecule has 0 fully saturated rings. The molecule has 2 heteroatoms. The minimum absolute atomic E-state index is 0.897. The minimum Gasteiger partial charge on any atom is -0.456 e. The summed E-state index contributed by atoms with van der Waals surface area (Å²) in [6, 6.07) is 85.5. The predicted octanol–water partition coefficient (Wildman–Crippen LogP) is 17.2. The quantitative estimate of drug-likeness (QED) is 0.150. The van der Waals surface area contributed by atoms with Crippen molar-refractivity contribution in [1.29, 1.82) is 0 Å². The largest absolute Gasteiger partial charge is 0.456 e. The van der Waals surface area contributed by atoms with Crippen LogP contribution in [0.5, 0.6) is 0 Å². The van der Waals surface area contributed by atoms with E-state index in [-0.39, 0.29) is 0 Å². The van der Waals surface area contributed by atoms with E-state index in [9.17, 15) is 0 Å². The number of hydrogen-bond acceptors (Lipinski definition) is 2. The highest BCUT2D eigenvalue weighted by atomic mass is 16.3. The summed E-state index contributed by atoms with van der Waals surface area (Å²) in [7, 11) is 0. The number of rotatable bonds is 7. The lowest BCUT2D eigenvalue weighted by molar-refractivity contribution is 0.669. The molecule has 0 bridgehead atoms. The Hall–Kier alpha value is -8.20. The monoisotopic (exact) mass is 789 g/mol. The highest BCUT2D eigenvalue weighted by Gasteiger charge is 2.20. The lowest BCUT2D eigenvalue weighted by Gasteiger charge is -2.29. The molecule has 0 saturated heterocycles. The molecule has 0 aliphatic heterocycles. The van der Waals surface area contributed by atoms with Gasteiger partial charge in [0, 0.05) is 27.7 Å². The number of hydrogen-bond donors (Lipinski definition) is 0. The van der Waals surface area contributed by atoms with E-state index in [1.165, 1.54) is 60.1 Å². The van der Waals surface area contributed by atoms with E-state index < -0.39 is 0 Å². The molecule has 1 heterocycles. The van der Waals surface area contributed by atoms with Crippen LogP contribution in [0, 0.1) is 0 Å². The summed E-state index contributed by atoms with van der Waals surface area (Å²) in [4.78, 5) is 2.41. The topological polar surface area (TPSA) is 16.4 Å². The number of para-hydroxylation sites is 2. The number of furan rings is 1. The molecule has 0 N–H and O–H groups in total. The minimum atomic E-state index is 0.897. The van der Waals surface area contributed by atoms with Gasteiger partial charge >= 0.3 is 0 Å². The van der Waals surface area contributed by atoms with Crippen LogP contribution in [-0.4, -0.2) is 0 Å². The van der Waals surface area contributed by atoms with Crippen molar-refractivity contribution in [2.45, 2.75) is 0 Å². The zero-order valence-corrected chi connectivity index (χ0v) is 33.9. The number of fused-ring (bicyclic) bond motifs is 7. The molecule has 12 aromatic rings. The Bertz CT molecular complexity index is 3630. The van der Waals surface area contributed by atoms with Crippen molar-refractivity contribution < 1.29 is 4.42 Å². The summed E-state index contributed by atoms with van der Waals surface area (Å²) in [5, 5.41) is 9.81. The average molecular weight is 790 g/mol. The smallest absolute Gasteiger partial charge is 0.136 e. The first-order valence-electron chi connectivity index (χ1n) is 21.2. The van der Waals surface area contributed by atoms with Crippen LogP contribution in [0.2, 0.25) is 0 Å². The molecule has 12 rings (SSSR count). The lowest BCUT2D eigenvalue weighted by atomic mass is 9.95. The zero-order valence-electron chi connectivity index (χ0n) is 33.9. The Balaban J connectivity index is 0.959. The van der Waals surface area contributed by atoms with E-state index in [1.54, 1.807) is 0 Å². The first-order valence-corrected chi connectivity index (χ1v) is 21.2. The van der Waals surface area contributed by atoms with Crippen molar-refractivity contribution in [3.05, 3.63) is 237 Å². The highest BCUT2D eigenvalue weighted by molar-refractivity contribution is 6.13. The van der Waals surface area contributed by atoms with Gasteiger partial charge < -0.3 is 9.32 Å². The summed E-state index contributed by atoms with van der Waals surface area (Å²) in [6.07, 6.45) is 0. The Morgan fingerprint density at radius 1 is 0.274 bits per heavy atom. The third kappa shape index (κ3) is 6.12. The summed E-state index contributed by atoms with van der Waals surface area (Å²) in [5.41, 5.74) is 14.5. The summed E-state index contributed by atoms with van der Waals surface area (Å²) in [6.45, 7) is 0. The first-order chi connectivity index (χ1) is 30.7. The van der Waals surface area contributed by atoms with Crippen LogP contribution < -0.4 is 4.90 Å². The van der Waals surface area contributed by atoms with Crippen molar-refractivity contribution in [2.75, 3.05) is 4.90 Å². The molecule has 11 aromatic carbocycles. The second-order valence-corrected chi connectivity index (χ2v) is 16.1. The van der Waals surface area contributed by atoms with Gasteiger partial charge in [0.15, 0.2) is 0 Å². The average Bonchev–Trinajstić information content (AvgIpc) is 3.73. The van der Waals surface area contributed by atoms with E-state index in [1.807, 2.05) is 12.1 Å². The lowest BCUT2D eigenvalue weighted by Crippen LogP contribution is -2.11. The molecule has 0 radical (unpaired) electrons. The van der Waals surface area contributed by atoms with Crippen LogP contribution in [0.4, 0.5) is 17.1 Å². The van der Waals surface area contributed by atoms with Gasteiger partial charge in [-0.1, -0.05) is 188 Å². The summed E-state index contributed by atoms with van der Waals surface area (Å²) >= 11 is 0. The molecule has 0 atom stereocenters. The number of benzene rings is 11. The molecule has 0 unspecified atom stereocenters. The Labute approximate surface area is 360 Å². The Morgan fingerprint density at radius 3 is 1.66 bits per heavy atom. The van der Waals surface area contributed by atoms with Crippen molar-refractivity contribution in [3.8, 4) is 44.5 Å². The number of nitrogens with zero attached hydrogens (tertiary/aromatic N) is 1. The fourth-order valence-electron chi connectivity index (χ4n) is 9.46. The molecular weight excluding hydrogens is 751 g/mol. The van der Waals surface area contributed by atoms with E-state index in [0.29, 0.717) is 0 Å². The van der Waals surface area contributed by atoms with E-state index >= 15 is 0 Å². The standard InChI is InChI=1S/C60H39NO/c1-4-18-51-42(12-1)14-10-22-54(51)55-19-5-7-23-57(55)61(48-35-32-44(33-36-48)53-21-11-25-59-60(53)56-20-6-8-24-58(56)62-59)49-16-9-15-45(39-49)40-26-28-41(29-27-40)46-34-37-52-47(38-46)31-30-43-13-2-3-17-50(43)52/h1-39H. The molecule has 0 spiro atoms. The van der Waals surface area contributed by atoms with Crippen LogP contribution in [0.3, 0.4) is 0 Å². The van der Waals surface area contributed by atoms with Gasteiger partial charge in [0.05, 0.1) is 5.69 Å². The predicted molar refractivity (Wildman–Crippen MR) is 263 cm³/mol. The van der Waals surface area contributed by atoms with E-state index in [2.05, 4.69) is 229 Å². The second-order valence-electron chi connectivity index (χ2n) is 16.1. The molecule has 2 nitrogen and oxygen atoms in total. The maximum absolute atomic E-state index is 6.27. The van der Waals surface area contributed by atoms with Gasteiger partial charge in [-0.05, 0) is 120 Å². The SMILES string of the molecule is c1cc(-c2ccc(-c3ccc4c(ccc5ccccc54)c3)cc2)cc(N(c2ccc(-c3cccc4oc5ccccc5c34)cc2)c2ccccc2-c2cccc3ccccc23)c1. The number of anilines is 3. The van der Waals surface area contributed by atoms with Crippen molar-refractivity contribution >= 4 is 71.3 Å². The maximum atomic E-state index is 6.27. The van der Waals surface area contributed by atoms with E-state index in [4.69, 9.17) is 4.42 Å². The maximum Gasteiger partial charge on any atom is 0.136 e. The van der Waals surface area contributed by atoms with Crippen LogP contribution >= 0.6 is 0 Å². The molecule has 290 valence electrons. The van der Waals surface area contributed by atoms with Crippen molar-refractivity contribution in [1.82, 2.24) is 0 Å². The van der Waals surface area contributed by atoms with Crippen LogP contribution in [-0.2, 0) is 0 Å². The molecular formula is C60H39NO. The fraction of sp³-hybridized carbons (Fsp3) is 0. The Morgan fingerprint density at radius 2 is 0.823 bits per heavy atom. The summed E-state index contributed by atoms with van der Waals surface area (Å²) in [5.74, 6) is 0. The van der Waals surface area contributed by atoms with Gasteiger partial charge in [-0.2, -0.15) is 0 Å². The van der Waals surface area contributed by atoms with Crippen LogP contribution in [0.15, 0.2) is 241 Å². The van der Waals surface area contributed by atoms with Crippen molar-refractivity contribution in [3.63, 3.8) is 0 Å². The molecule has 0 aliphatic rings. The van der Waals surface area contributed by atoms with Crippen LogP contribution in [0.25, 0.3) is 98.8 Å². The molecule has 62 heavy (non-hydrogen) atoms. The fourth-order valence-corrected chi connectivity index (χ4v) is 9.46. The molecule has 0 aliphatic carbocycles. The molecule has 1 aromatic heterocycles. The van der Waals surface area contributed by atoms with Gasteiger partial charge in [-0.15, -0.1) is 0 Å². The van der Waals surface area contributed by atoms with Gasteiger partial charge in [0.1, 0.15) is 11.2 Å². The van der Waals surface area contributed by atoms with Gasteiger partial charge in [0.25, 0.3) is 0 Å². The first kappa shape index (κ1) is 35.7. The van der Waals surface area contributed by atoms with E-state index in [0.717, 1.165) is 55.7 Å². The highest BCUT2D eigenvalue weighted by Crippen LogP contribution is 2.45. The van der Waals surface area contributed by atoms with Gasteiger partial charge in [-0.3, -0.25) is 0 Å². The third-order valence-electron chi connectivity index (χ3n) is 12.5. The zero-order chi connectivity index (χ0) is 41.0. The van der Waals surface area contributed by atoms with Crippen LogP contribution in [0.1, 0.15) is 0 Å².